The van der Waals surface area contributed by atoms with Crippen LogP contribution in [0.5, 0.6) is 0 Å². The van der Waals surface area contributed by atoms with E-state index in [0.29, 0.717) is 5.94 Å². The van der Waals surface area contributed by atoms with Crippen LogP contribution in [-0.4, -0.2) is 20.5 Å². The second-order valence-corrected chi connectivity index (χ2v) is 6.98. The molecule has 0 aliphatic heterocycles. The summed E-state index contributed by atoms with van der Waals surface area (Å²) in [5.41, 5.74) is -0.194. The molecular weight excluding hydrogens is 172 g/mol. The van der Waals surface area contributed by atoms with Crippen LogP contribution in [0, 0.1) is 0 Å². The monoisotopic (exact) mass is 192 g/mol. The Bertz CT molecular complexity index is 162. The van der Waals surface area contributed by atoms with E-state index in [0.717, 1.165) is 0 Å². The Morgan fingerprint density at radius 2 is 1.50 bits per heavy atom. The minimum atomic E-state index is -0.906. The molecule has 3 heteroatoms. The van der Waals surface area contributed by atoms with E-state index in [1.54, 1.807) is 0 Å². The average Bonchev–Trinajstić information content (AvgIpc) is 1.78. The van der Waals surface area contributed by atoms with Crippen LogP contribution in [0.3, 0.4) is 0 Å². The van der Waals surface area contributed by atoms with Crippen LogP contribution in [-0.2, 0) is 15.5 Å². The fourth-order valence-corrected chi connectivity index (χ4v) is 1.22. The third kappa shape index (κ3) is 5.72. The zero-order chi connectivity index (χ0) is 9.99. The highest BCUT2D eigenvalue weighted by atomic mass is 32.2. The van der Waals surface area contributed by atoms with Crippen molar-refractivity contribution in [2.24, 2.45) is 0 Å². The molecule has 0 spiro atoms. The lowest BCUT2D eigenvalue weighted by Gasteiger charge is -2.23. The Kier molecular flexibility index (Phi) is 3.91. The highest BCUT2D eigenvalue weighted by Crippen LogP contribution is 2.14. The van der Waals surface area contributed by atoms with Crippen molar-refractivity contribution in [3.8, 4) is 0 Å². The van der Waals surface area contributed by atoms with Gasteiger partial charge in [-0.05, 0) is 41.5 Å². The molecule has 0 N–H and O–H groups in total. The van der Waals surface area contributed by atoms with Crippen molar-refractivity contribution in [2.45, 2.75) is 51.9 Å². The van der Waals surface area contributed by atoms with Crippen LogP contribution >= 0.6 is 0 Å². The molecule has 74 valence electrons. The summed E-state index contributed by atoms with van der Waals surface area (Å²) in [5.74, 6) is 0.326. The smallest absolute Gasteiger partial charge is 0.123 e. The van der Waals surface area contributed by atoms with Gasteiger partial charge in [0.2, 0.25) is 0 Å². The zero-order valence-electron chi connectivity index (χ0n) is 8.93. The topological polar surface area (TPSA) is 26.3 Å². The Balaban J connectivity index is 3.90. The summed E-state index contributed by atoms with van der Waals surface area (Å²) in [4.78, 5) is 0. The number of hydrogen-bond acceptors (Lipinski definition) is 2. The van der Waals surface area contributed by atoms with Crippen LogP contribution in [0.2, 0.25) is 0 Å². The fourth-order valence-electron chi connectivity index (χ4n) is 0.407. The van der Waals surface area contributed by atoms with Crippen molar-refractivity contribution in [2.75, 3.05) is 5.94 Å². The second kappa shape index (κ2) is 3.88. The maximum absolute atomic E-state index is 11.5. The number of rotatable bonds is 2. The van der Waals surface area contributed by atoms with Gasteiger partial charge in [0.15, 0.2) is 0 Å². The molecule has 0 saturated heterocycles. The van der Waals surface area contributed by atoms with Crippen LogP contribution in [0.25, 0.3) is 0 Å². The molecular formula is C9H20O2S. The van der Waals surface area contributed by atoms with Crippen molar-refractivity contribution >= 4 is 10.8 Å². The summed E-state index contributed by atoms with van der Waals surface area (Å²) >= 11 is 0. The highest BCUT2D eigenvalue weighted by molar-refractivity contribution is 7.86. The third-order valence-corrected chi connectivity index (χ3v) is 2.98. The average molecular weight is 192 g/mol. The lowest BCUT2D eigenvalue weighted by atomic mass is 10.2. The van der Waals surface area contributed by atoms with E-state index < -0.39 is 10.8 Å². The lowest BCUT2D eigenvalue weighted by Crippen LogP contribution is -2.29. The molecule has 0 heterocycles. The van der Waals surface area contributed by atoms with E-state index >= 15 is 0 Å². The predicted molar refractivity (Wildman–Crippen MR) is 53.6 cm³/mol. The molecule has 2 nitrogen and oxygen atoms in total. The molecule has 0 radical (unpaired) electrons. The summed E-state index contributed by atoms with van der Waals surface area (Å²) < 4.78 is 16.7. The molecule has 0 amide bonds. The van der Waals surface area contributed by atoms with Crippen LogP contribution < -0.4 is 0 Å². The van der Waals surface area contributed by atoms with Gasteiger partial charge in [0, 0.05) is 4.75 Å². The first-order valence-corrected chi connectivity index (χ1v) is 5.47. The first-order chi connectivity index (χ1) is 5.13. The SMILES string of the molecule is CC(C)(C)OCS(=O)C(C)(C)C. The van der Waals surface area contributed by atoms with E-state index in [9.17, 15) is 4.21 Å². The highest BCUT2D eigenvalue weighted by Gasteiger charge is 2.21. The summed E-state index contributed by atoms with van der Waals surface area (Å²) in [6, 6.07) is 0. The van der Waals surface area contributed by atoms with Crippen LogP contribution in [0.1, 0.15) is 41.5 Å². The maximum atomic E-state index is 11.5. The van der Waals surface area contributed by atoms with Gasteiger partial charge in [-0.15, -0.1) is 0 Å². The van der Waals surface area contributed by atoms with Gasteiger partial charge in [0.1, 0.15) is 5.94 Å². The van der Waals surface area contributed by atoms with Gasteiger partial charge in [-0.2, -0.15) is 0 Å². The first-order valence-electron chi connectivity index (χ1n) is 4.15. The summed E-state index contributed by atoms with van der Waals surface area (Å²) in [7, 11) is -0.906. The van der Waals surface area contributed by atoms with Crippen molar-refractivity contribution in [1.29, 1.82) is 0 Å². The molecule has 12 heavy (non-hydrogen) atoms. The molecule has 0 aromatic carbocycles. The van der Waals surface area contributed by atoms with Gasteiger partial charge in [0.25, 0.3) is 0 Å². The lowest BCUT2D eigenvalue weighted by molar-refractivity contribution is 0.0266. The number of ether oxygens (including phenoxy) is 1. The van der Waals surface area contributed by atoms with E-state index in [-0.39, 0.29) is 10.3 Å². The van der Waals surface area contributed by atoms with Crippen LogP contribution in [0.4, 0.5) is 0 Å². The first kappa shape index (κ1) is 12.1. The van der Waals surface area contributed by atoms with Gasteiger partial charge < -0.3 is 4.74 Å². The van der Waals surface area contributed by atoms with Crippen molar-refractivity contribution in [1.82, 2.24) is 0 Å². The summed E-state index contributed by atoms with van der Waals surface area (Å²) in [5, 5.41) is 0. The number of hydrogen-bond donors (Lipinski definition) is 0. The molecule has 0 aromatic heterocycles. The molecule has 0 fully saturated rings. The maximum Gasteiger partial charge on any atom is 0.123 e. The fraction of sp³-hybridized carbons (Fsp3) is 1.00. The summed E-state index contributed by atoms with van der Waals surface area (Å²) in [6.07, 6.45) is 0. The molecule has 1 unspecified atom stereocenters. The van der Waals surface area contributed by atoms with Crippen LogP contribution in [0.15, 0.2) is 0 Å². The normalized spacial score (nSPS) is 16.2. The predicted octanol–water partition coefficient (Wildman–Crippen LogP) is 2.31. The molecule has 0 aliphatic carbocycles. The van der Waals surface area contributed by atoms with E-state index in [1.165, 1.54) is 0 Å². The second-order valence-electron chi connectivity index (χ2n) is 4.83. The molecule has 0 saturated carbocycles. The minimum Gasteiger partial charge on any atom is -0.363 e. The van der Waals surface area contributed by atoms with E-state index in [1.807, 2.05) is 41.5 Å². The molecule has 1 atom stereocenters. The zero-order valence-corrected chi connectivity index (χ0v) is 9.75. The van der Waals surface area contributed by atoms with Gasteiger partial charge in [0.05, 0.1) is 16.4 Å². The molecule has 0 rings (SSSR count). The van der Waals surface area contributed by atoms with Crippen molar-refractivity contribution < 1.29 is 8.95 Å². The van der Waals surface area contributed by atoms with Crippen molar-refractivity contribution in [3.63, 3.8) is 0 Å². The largest absolute Gasteiger partial charge is 0.363 e. The van der Waals surface area contributed by atoms with Crippen molar-refractivity contribution in [3.05, 3.63) is 0 Å². The third-order valence-electron chi connectivity index (χ3n) is 1.28. The standard InChI is InChI=1S/C9H20O2S/c1-8(2,3)11-7-12(10)9(4,5)6/h7H2,1-6H3. The Labute approximate surface area is 78.1 Å². The Morgan fingerprint density at radius 1 is 1.08 bits per heavy atom. The van der Waals surface area contributed by atoms with Gasteiger partial charge in [-0.3, -0.25) is 4.21 Å². The Morgan fingerprint density at radius 3 is 1.75 bits per heavy atom. The van der Waals surface area contributed by atoms with Gasteiger partial charge >= 0.3 is 0 Å². The summed E-state index contributed by atoms with van der Waals surface area (Å²) in [6.45, 7) is 11.8. The quantitative estimate of drug-likeness (QED) is 0.671. The molecule has 0 aliphatic rings. The van der Waals surface area contributed by atoms with E-state index in [4.69, 9.17) is 4.74 Å². The van der Waals surface area contributed by atoms with Gasteiger partial charge in [-0.1, -0.05) is 0 Å². The Hall–Kier alpha value is 0.110. The van der Waals surface area contributed by atoms with E-state index in [2.05, 4.69) is 0 Å². The molecule has 0 bridgehead atoms. The minimum absolute atomic E-state index is 0.175. The molecule has 0 aromatic rings. The van der Waals surface area contributed by atoms with Gasteiger partial charge in [-0.25, -0.2) is 0 Å².